The molecule has 3 nitrogen and oxygen atoms in total. The molecular formula is C14H23NO2. The Kier molecular flexibility index (Phi) is 4.63. The van der Waals surface area contributed by atoms with E-state index in [1.54, 1.807) is 6.26 Å². The Hall–Kier alpha value is -0.800. The lowest BCUT2D eigenvalue weighted by molar-refractivity contribution is 0.132. The van der Waals surface area contributed by atoms with E-state index in [0.29, 0.717) is 18.3 Å². The monoisotopic (exact) mass is 237 g/mol. The predicted octanol–water partition coefficient (Wildman–Crippen LogP) is 2.87. The lowest BCUT2D eigenvalue weighted by atomic mass is 9.83. The number of hydrogen-bond acceptors (Lipinski definition) is 3. The van der Waals surface area contributed by atoms with Crippen molar-refractivity contribution in [2.24, 2.45) is 5.92 Å². The Morgan fingerprint density at radius 2 is 2.29 bits per heavy atom. The minimum absolute atomic E-state index is 0.524. The number of rotatable bonds is 5. The van der Waals surface area contributed by atoms with Crippen LogP contribution in [0.1, 0.15) is 50.9 Å². The van der Waals surface area contributed by atoms with Crippen LogP contribution >= 0.6 is 0 Å². The number of furan rings is 1. The van der Waals surface area contributed by atoms with Crippen molar-refractivity contribution in [2.45, 2.75) is 51.2 Å². The molecule has 1 aliphatic rings. The normalized spacial score (nSPS) is 26.9. The van der Waals surface area contributed by atoms with Crippen LogP contribution in [-0.4, -0.2) is 17.7 Å². The summed E-state index contributed by atoms with van der Waals surface area (Å²) < 4.78 is 5.20. The smallest absolute Gasteiger partial charge is 0.133 e. The highest BCUT2D eigenvalue weighted by Crippen LogP contribution is 2.27. The lowest BCUT2D eigenvalue weighted by Crippen LogP contribution is -2.40. The van der Waals surface area contributed by atoms with Gasteiger partial charge < -0.3 is 14.8 Å². The molecule has 0 aliphatic heterocycles. The quantitative estimate of drug-likeness (QED) is 0.827. The molecule has 0 radical (unpaired) electrons. The Morgan fingerprint density at radius 3 is 3.00 bits per heavy atom. The van der Waals surface area contributed by atoms with Crippen LogP contribution < -0.4 is 5.32 Å². The maximum Gasteiger partial charge on any atom is 0.133 e. The molecule has 2 N–H and O–H groups in total. The molecule has 17 heavy (non-hydrogen) atoms. The summed E-state index contributed by atoms with van der Waals surface area (Å²) in [5.74, 6) is 1.42. The maximum absolute atomic E-state index is 9.94. The van der Waals surface area contributed by atoms with E-state index in [1.807, 2.05) is 12.1 Å². The van der Waals surface area contributed by atoms with Crippen LogP contribution in [0, 0.1) is 5.92 Å². The summed E-state index contributed by atoms with van der Waals surface area (Å²) in [5, 5.41) is 13.4. The molecule has 1 saturated carbocycles. The average Bonchev–Trinajstić information content (AvgIpc) is 2.90. The largest absolute Gasteiger partial charge is 0.467 e. The predicted molar refractivity (Wildman–Crippen MR) is 67.7 cm³/mol. The third kappa shape index (κ3) is 3.33. The van der Waals surface area contributed by atoms with Crippen LogP contribution in [-0.2, 0) is 0 Å². The number of aliphatic hydroxyl groups is 1. The van der Waals surface area contributed by atoms with E-state index in [0.717, 1.165) is 5.92 Å². The molecule has 3 heteroatoms. The maximum atomic E-state index is 9.94. The summed E-state index contributed by atoms with van der Waals surface area (Å²) in [6.45, 7) is 2.85. The molecule has 96 valence electrons. The zero-order valence-electron chi connectivity index (χ0n) is 10.6. The van der Waals surface area contributed by atoms with E-state index in [2.05, 4.69) is 12.2 Å². The van der Waals surface area contributed by atoms with Gasteiger partial charge in [-0.25, -0.2) is 0 Å². The van der Waals surface area contributed by atoms with Crippen molar-refractivity contribution in [3.05, 3.63) is 24.2 Å². The summed E-state index contributed by atoms with van der Waals surface area (Å²) in [6, 6.07) is 4.21. The Morgan fingerprint density at radius 1 is 1.47 bits per heavy atom. The molecule has 3 unspecified atom stereocenters. The van der Waals surface area contributed by atoms with Crippen molar-refractivity contribution in [3.63, 3.8) is 0 Å². The van der Waals surface area contributed by atoms with Crippen LogP contribution in [0.3, 0.4) is 0 Å². The van der Waals surface area contributed by atoms with Gasteiger partial charge in [-0.3, -0.25) is 0 Å². The van der Waals surface area contributed by atoms with Gasteiger partial charge in [0.05, 0.1) is 6.26 Å². The average molecular weight is 237 g/mol. The molecule has 1 fully saturated rings. The second-order valence-electron chi connectivity index (χ2n) is 5.00. The first kappa shape index (κ1) is 12.7. The molecule has 2 rings (SSSR count). The Labute approximate surface area is 103 Å². The standard InChI is InChI=1S/C14H23NO2/c1-2-11-6-3-4-7-12(11)15-10-13(16)14-8-5-9-17-14/h5,8-9,11-13,15-16H,2-4,6-7,10H2,1H3. The van der Waals surface area contributed by atoms with Crippen LogP contribution in [0.4, 0.5) is 0 Å². The van der Waals surface area contributed by atoms with E-state index in [-0.39, 0.29) is 0 Å². The van der Waals surface area contributed by atoms with Crippen LogP contribution in [0.2, 0.25) is 0 Å². The third-order valence-electron chi connectivity index (χ3n) is 3.88. The fourth-order valence-electron chi connectivity index (χ4n) is 2.81. The third-order valence-corrected chi connectivity index (χ3v) is 3.88. The van der Waals surface area contributed by atoms with E-state index >= 15 is 0 Å². The summed E-state index contributed by atoms with van der Waals surface area (Å²) in [7, 11) is 0. The molecule has 1 aromatic heterocycles. The zero-order valence-corrected chi connectivity index (χ0v) is 10.6. The molecule has 1 aliphatic carbocycles. The van der Waals surface area contributed by atoms with E-state index in [1.165, 1.54) is 32.1 Å². The van der Waals surface area contributed by atoms with Gasteiger partial charge in [0, 0.05) is 12.6 Å². The molecule has 1 heterocycles. The van der Waals surface area contributed by atoms with Gasteiger partial charge in [0.25, 0.3) is 0 Å². The minimum atomic E-state index is -0.524. The van der Waals surface area contributed by atoms with Gasteiger partial charge in [-0.05, 0) is 30.9 Å². The van der Waals surface area contributed by atoms with Crippen LogP contribution in [0.5, 0.6) is 0 Å². The fourth-order valence-corrected chi connectivity index (χ4v) is 2.81. The van der Waals surface area contributed by atoms with E-state index in [4.69, 9.17) is 4.42 Å². The molecule has 1 aromatic rings. The molecule has 3 atom stereocenters. The highest BCUT2D eigenvalue weighted by molar-refractivity contribution is 5.02. The fraction of sp³-hybridized carbons (Fsp3) is 0.714. The molecule has 0 bridgehead atoms. The van der Waals surface area contributed by atoms with Gasteiger partial charge in [-0.1, -0.05) is 26.2 Å². The lowest BCUT2D eigenvalue weighted by Gasteiger charge is -2.32. The van der Waals surface area contributed by atoms with E-state index < -0.39 is 6.10 Å². The number of nitrogens with one attached hydrogen (secondary N) is 1. The van der Waals surface area contributed by atoms with Gasteiger partial charge >= 0.3 is 0 Å². The van der Waals surface area contributed by atoms with Crippen molar-refractivity contribution in [1.82, 2.24) is 5.32 Å². The van der Waals surface area contributed by atoms with Crippen molar-refractivity contribution < 1.29 is 9.52 Å². The first-order valence-corrected chi connectivity index (χ1v) is 6.76. The molecular weight excluding hydrogens is 214 g/mol. The minimum Gasteiger partial charge on any atom is -0.467 e. The van der Waals surface area contributed by atoms with Crippen LogP contribution in [0.25, 0.3) is 0 Å². The second kappa shape index (κ2) is 6.22. The van der Waals surface area contributed by atoms with E-state index in [9.17, 15) is 5.11 Å². The van der Waals surface area contributed by atoms with Crippen molar-refractivity contribution in [3.8, 4) is 0 Å². The van der Waals surface area contributed by atoms with Crippen molar-refractivity contribution in [1.29, 1.82) is 0 Å². The van der Waals surface area contributed by atoms with Gasteiger partial charge in [0.15, 0.2) is 0 Å². The summed E-state index contributed by atoms with van der Waals surface area (Å²) in [4.78, 5) is 0. The van der Waals surface area contributed by atoms with Gasteiger partial charge in [0.2, 0.25) is 0 Å². The Bertz CT molecular complexity index is 310. The number of aliphatic hydroxyl groups excluding tert-OH is 1. The molecule has 0 aromatic carbocycles. The first-order valence-electron chi connectivity index (χ1n) is 6.76. The Balaban J connectivity index is 1.80. The van der Waals surface area contributed by atoms with Crippen molar-refractivity contribution in [2.75, 3.05) is 6.54 Å². The second-order valence-corrected chi connectivity index (χ2v) is 5.00. The number of hydrogen-bond donors (Lipinski definition) is 2. The zero-order chi connectivity index (χ0) is 12.1. The highest BCUT2D eigenvalue weighted by Gasteiger charge is 2.24. The summed E-state index contributed by atoms with van der Waals surface area (Å²) in [6.07, 6.45) is 7.55. The summed E-state index contributed by atoms with van der Waals surface area (Å²) in [5.41, 5.74) is 0. The van der Waals surface area contributed by atoms with Gasteiger partial charge in [-0.2, -0.15) is 0 Å². The molecule has 0 saturated heterocycles. The van der Waals surface area contributed by atoms with Gasteiger partial charge in [0.1, 0.15) is 11.9 Å². The first-order chi connectivity index (χ1) is 8.31. The SMILES string of the molecule is CCC1CCCCC1NCC(O)c1ccco1. The summed E-state index contributed by atoms with van der Waals surface area (Å²) >= 11 is 0. The van der Waals surface area contributed by atoms with Crippen LogP contribution in [0.15, 0.2) is 22.8 Å². The molecule has 0 spiro atoms. The van der Waals surface area contributed by atoms with Crippen molar-refractivity contribution >= 4 is 0 Å². The molecule has 0 amide bonds. The van der Waals surface area contributed by atoms with Gasteiger partial charge in [-0.15, -0.1) is 0 Å². The topological polar surface area (TPSA) is 45.4 Å². The highest BCUT2D eigenvalue weighted by atomic mass is 16.4.